The average molecular weight is 323 g/mol. The second-order valence-electron chi connectivity index (χ2n) is 6.37. The molecule has 2 rings (SSSR count). The lowest BCUT2D eigenvalue weighted by Gasteiger charge is -2.28. The van der Waals surface area contributed by atoms with Crippen LogP contribution in [0.15, 0.2) is 24.9 Å². The van der Waals surface area contributed by atoms with Crippen molar-refractivity contribution < 1.29 is 4.39 Å². The first-order valence-corrected chi connectivity index (χ1v) is 8.55. The van der Waals surface area contributed by atoms with E-state index in [9.17, 15) is 4.39 Å². The Morgan fingerprint density at radius 2 is 2.36 bits per heavy atom. The second-order valence-corrected chi connectivity index (χ2v) is 7.33. The first-order valence-electron chi connectivity index (χ1n) is 7.98. The van der Waals surface area contributed by atoms with Gasteiger partial charge in [0, 0.05) is 13.1 Å². The van der Waals surface area contributed by atoms with Crippen LogP contribution < -0.4 is 10.2 Å². The van der Waals surface area contributed by atoms with Crippen LogP contribution in [-0.2, 0) is 0 Å². The van der Waals surface area contributed by atoms with Gasteiger partial charge in [-0.1, -0.05) is 29.7 Å². The zero-order valence-electron chi connectivity index (χ0n) is 13.8. The third-order valence-corrected chi connectivity index (χ3v) is 5.41. The smallest absolute Gasteiger partial charge is 0.143 e. The van der Waals surface area contributed by atoms with Crippen LogP contribution in [0.4, 0.5) is 10.1 Å². The van der Waals surface area contributed by atoms with Crippen LogP contribution in [0.25, 0.3) is 5.70 Å². The highest BCUT2D eigenvalue weighted by Crippen LogP contribution is 2.30. The molecule has 0 amide bonds. The largest absolute Gasteiger partial charge is 0.378 e. The Labute approximate surface area is 135 Å². The van der Waals surface area contributed by atoms with Crippen LogP contribution in [0.5, 0.6) is 0 Å². The molecule has 22 heavy (non-hydrogen) atoms. The Kier molecular flexibility index (Phi) is 5.44. The predicted molar refractivity (Wildman–Crippen MR) is 95.7 cm³/mol. The van der Waals surface area contributed by atoms with Crippen molar-refractivity contribution in [2.24, 2.45) is 5.92 Å². The summed E-state index contributed by atoms with van der Waals surface area (Å²) in [7, 11) is 2.28. The molecule has 1 aliphatic heterocycles. The Balaban J connectivity index is 1.99. The van der Waals surface area contributed by atoms with Crippen molar-refractivity contribution in [3.05, 3.63) is 30.6 Å². The van der Waals surface area contributed by atoms with Gasteiger partial charge >= 0.3 is 0 Å². The van der Waals surface area contributed by atoms with E-state index in [2.05, 4.69) is 44.0 Å². The van der Waals surface area contributed by atoms with Crippen LogP contribution in [0, 0.1) is 5.92 Å². The minimum absolute atomic E-state index is 0.337. The zero-order valence-corrected chi connectivity index (χ0v) is 14.9. The molecule has 1 fully saturated rings. The minimum atomic E-state index is -1.34. The molecular weight excluding hydrogens is 296 g/mol. The van der Waals surface area contributed by atoms with Crippen molar-refractivity contribution in [3.8, 4) is 0 Å². The van der Waals surface area contributed by atoms with Gasteiger partial charge in [0.25, 0.3) is 0 Å². The van der Waals surface area contributed by atoms with Crippen molar-refractivity contribution in [2.45, 2.75) is 45.1 Å². The van der Waals surface area contributed by atoms with E-state index in [0.717, 1.165) is 30.4 Å². The van der Waals surface area contributed by atoms with E-state index >= 15 is 0 Å². The molecule has 0 aliphatic carbocycles. The van der Waals surface area contributed by atoms with E-state index in [1.165, 1.54) is 6.42 Å². The van der Waals surface area contributed by atoms with Gasteiger partial charge in [-0.2, -0.15) is 0 Å². The maximum atomic E-state index is 14.2. The lowest BCUT2D eigenvalue weighted by atomic mass is 10.1. The van der Waals surface area contributed by atoms with Gasteiger partial charge in [-0.3, -0.25) is 4.98 Å². The first-order chi connectivity index (χ1) is 10.3. The summed E-state index contributed by atoms with van der Waals surface area (Å²) in [4.78, 5) is 6.83. The number of pyridine rings is 1. The van der Waals surface area contributed by atoms with Gasteiger partial charge < -0.3 is 10.2 Å². The average Bonchev–Trinajstić information content (AvgIpc) is 2.93. The lowest BCUT2D eigenvalue weighted by Crippen LogP contribution is -2.40. The molecule has 3 nitrogen and oxygen atoms in total. The van der Waals surface area contributed by atoms with Gasteiger partial charge in [0.2, 0.25) is 0 Å². The molecule has 0 aromatic carbocycles. The highest BCUT2D eigenvalue weighted by atomic mass is 31.0. The number of rotatable bonds is 6. The highest BCUT2D eigenvalue weighted by molar-refractivity contribution is 7.18. The maximum absolute atomic E-state index is 14.2. The topological polar surface area (TPSA) is 28.2 Å². The van der Waals surface area contributed by atoms with Crippen molar-refractivity contribution in [2.75, 3.05) is 18.0 Å². The molecule has 1 N–H and O–H groups in total. The molecule has 0 bridgehead atoms. The van der Waals surface area contributed by atoms with Crippen LogP contribution in [0.2, 0.25) is 0 Å². The molecule has 1 aromatic heterocycles. The predicted octanol–water partition coefficient (Wildman–Crippen LogP) is 3.83. The SMILES string of the molecule is C=C(N[C@H](C)C(F)(P)CC)c1ccc(N2CCC(C)C2)cn1. The molecule has 3 unspecified atom stereocenters. The van der Waals surface area contributed by atoms with E-state index < -0.39 is 5.41 Å². The third kappa shape index (κ3) is 3.98. The zero-order chi connectivity index (χ0) is 16.3. The summed E-state index contributed by atoms with van der Waals surface area (Å²) in [6, 6.07) is 3.69. The third-order valence-electron chi connectivity index (χ3n) is 4.50. The summed E-state index contributed by atoms with van der Waals surface area (Å²) in [6.07, 6.45) is 3.55. The molecule has 4 atom stereocenters. The van der Waals surface area contributed by atoms with E-state index in [4.69, 9.17) is 0 Å². The number of hydrogen-bond donors (Lipinski definition) is 1. The highest BCUT2D eigenvalue weighted by Gasteiger charge is 2.29. The molecule has 1 aliphatic rings. The van der Waals surface area contributed by atoms with Crippen molar-refractivity contribution in [1.82, 2.24) is 10.3 Å². The van der Waals surface area contributed by atoms with Gasteiger partial charge in [0.1, 0.15) is 5.41 Å². The van der Waals surface area contributed by atoms with E-state index in [1.54, 1.807) is 0 Å². The summed E-state index contributed by atoms with van der Waals surface area (Å²) >= 11 is 0. The Morgan fingerprint density at radius 3 is 2.86 bits per heavy atom. The van der Waals surface area contributed by atoms with Crippen molar-refractivity contribution in [3.63, 3.8) is 0 Å². The van der Waals surface area contributed by atoms with Gasteiger partial charge in [-0.05, 0) is 37.8 Å². The molecule has 5 heteroatoms. The molecular formula is C17H27FN3P. The summed E-state index contributed by atoms with van der Waals surface area (Å²) in [5, 5.41) is 1.78. The molecule has 2 heterocycles. The quantitative estimate of drug-likeness (QED) is 0.807. The van der Waals surface area contributed by atoms with E-state index in [-0.39, 0.29) is 6.04 Å². The monoisotopic (exact) mass is 323 g/mol. The first kappa shape index (κ1) is 17.2. The number of nitrogens with zero attached hydrogens (tertiary/aromatic N) is 2. The maximum Gasteiger partial charge on any atom is 0.143 e. The summed E-state index contributed by atoms with van der Waals surface area (Å²) in [5.41, 5.74) is 2.57. The van der Waals surface area contributed by atoms with Gasteiger partial charge in [-0.15, -0.1) is 0 Å². The fraction of sp³-hybridized carbons (Fsp3) is 0.588. The summed E-state index contributed by atoms with van der Waals surface area (Å²) in [6.45, 7) is 12.1. The van der Waals surface area contributed by atoms with Gasteiger partial charge in [-0.25, -0.2) is 4.39 Å². The Morgan fingerprint density at radius 1 is 1.64 bits per heavy atom. The van der Waals surface area contributed by atoms with E-state index in [0.29, 0.717) is 12.1 Å². The number of hydrogen-bond acceptors (Lipinski definition) is 3. The number of aromatic nitrogens is 1. The van der Waals surface area contributed by atoms with E-state index in [1.807, 2.05) is 26.1 Å². The van der Waals surface area contributed by atoms with Crippen molar-refractivity contribution >= 4 is 20.6 Å². The normalized spacial score (nSPS) is 22.2. The standard InChI is InChI=1S/C17H27FN3P/c1-5-17(18,22)14(4)20-13(3)16-7-6-15(10-19-16)21-9-8-12(2)11-21/h6-7,10,12,14,20H,3,5,8-9,11,22H2,1-2,4H3/t12?,14-,17?/m1/s1. The number of anilines is 1. The van der Waals surface area contributed by atoms with Crippen LogP contribution in [-0.4, -0.2) is 29.5 Å². The molecule has 1 aromatic rings. The fourth-order valence-electron chi connectivity index (χ4n) is 2.68. The summed E-state index contributed by atoms with van der Waals surface area (Å²) in [5.74, 6) is 0.742. The van der Waals surface area contributed by atoms with Crippen LogP contribution in [0.3, 0.4) is 0 Å². The van der Waals surface area contributed by atoms with Crippen LogP contribution in [0.1, 0.15) is 39.3 Å². The van der Waals surface area contributed by atoms with Gasteiger partial charge in [0.05, 0.1) is 29.3 Å². The number of nitrogens with one attached hydrogen (secondary N) is 1. The minimum Gasteiger partial charge on any atom is -0.378 e. The Bertz CT molecular complexity index is 515. The second kappa shape index (κ2) is 6.95. The Hall–Kier alpha value is -1.15. The molecule has 122 valence electrons. The molecule has 0 spiro atoms. The number of alkyl halides is 1. The number of halogens is 1. The molecule has 0 saturated carbocycles. The fourth-order valence-corrected chi connectivity index (χ4v) is 2.77. The van der Waals surface area contributed by atoms with Crippen molar-refractivity contribution in [1.29, 1.82) is 0 Å². The molecule has 0 radical (unpaired) electrons. The van der Waals surface area contributed by atoms with Crippen LogP contribution >= 0.6 is 9.24 Å². The lowest BCUT2D eigenvalue weighted by molar-refractivity contribution is 0.226. The van der Waals surface area contributed by atoms with Gasteiger partial charge in [0.15, 0.2) is 0 Å². The molecule has 1 saturated heterocycles. The summed E-state index contributed by atoms with van der Waals surface area (Å²) < 4.78 is 14.2.